The Bertz CT molecular complexity index is 781. The number of anilines is 2. The van der Waals surface area contributed by atoms with Crippen LogP contribution in [-0.4, -0.2) is 48.4 Å². The van der Waals surface area contributed by atoms with Gasteiger partial charge in [0, 0.05) is 56.4 Å². The van der Waals surface area contributed by atoms with E-state index in [9.17, 15) is 9.59 Å². The third-order valence-electron chi connectivity index (χ3n) is 5.07. The van der Waals surface area contributed by atoms with Crippen molar-refractivity contribution in [2.45, 2.75) is 32.9 Å². The van der Waals surface area contributed by atoms with E-state index in [2.05, 4.69) is 4.98 Å². The smallest absolute Gasteiger partial charge is 0.232 e. The number of nitrogens with zero attached hydrogens (tertiary/aromatic N) is 3. The molecule has 3 rings (SSSR count). The largest absolute Gasteiger partial charge is 0.378 e. The Labute approximate surface area is 160 Å². The van der Waals surface area contributed by atoms with E-state index in [1.807, 2.05) is 75.4 Å². The van der Waals surface area contributed by atoms with Crippen LogP contribution in [0.25, 0.3) is 0 Å². The Hall–Kier alpha value is -2.76. The normalized spacial score (nSPS) is 16.9. The summed E-state index contributed by atoms with van der Waals surface area (Å²) in [6.07, 6.45) is 2.14. The van der Waals surface area contributed by atoms with Crippen molar-refractivity contribution >= 4 is 23.2 Å². The van der Waals surface area contributed by atoms with Gasteiger partial charge in [-0.1, -0.05) is 0 Å². The maximum absolute atomic E-state index is 13.3. The zero-order chi connectivity index (χ0) is 19.6. The summed E-state index contributed by atoms with van der Waals surface area (Å²) in [6, 6.07) is 11.9. The van der Waals surface area contributed by atoms with Gasteiger partial charge in [-0.25, -0.2) is 0 Å². The average molecular weight is 368 g/mol. The lowest BCUT2D eigenvalue weighted by Gasteiger charge is -2.27. The summed E-state index contributed by atoms with van der Waals surface area (Å²) in [5.41, 5.74) is 2.88. The zero-order valence-corrected chi connectivity index (χ0v) is 16.5. The topological polar surface area (TPSA) is 59.7 Å². The minimum Gasteiger partial charge on any atom is -0.378 e. The fourth-order valence-corrected chi connectivity index (χ4v) is 3.48. The van der Waals surface area contributed by atoms with Crippen molar-refractivity contribution in [3.8, 4) is 0 Å². The maximum Gasteiger partial charge on any atom is 0.232 e. The molecule has 2 aromatic rings. The minimum absolute atomic E-state index is 0.00120. The van der Waals surface area contributed by atoms with Crippen LogP contribution >= 0.6 is 0 Å². The summed E-state index contributed by atoms with van der Waals surface area (Å²) in [4.78, 5) is 34.4. The highest BCUT2D eigenvalue weighted by molar-refractivity contribution is 5.99. The molecule has 6 heteroatoms. The number of hydrogen-bond donors (Lipinski definition) is 1. The van der Waals surface area contributed by atoms with Gasteiger partial charge in [0.1, 0.15) is 0 Å². The predicted octanol–water partition coefficient (Wildman–Crippen LogP) is 2.87. The third kappa shape index (κ3) is 4.15. The monoisotopic (exact) mass is 368 g/mol. The molecule has 0 saturated carbocycles. The van der Waals surface area contributed by atoms with Gasteiger partial charge >= 0.3 is 0 Å². The molecule has 144 valence electrons. The Kier molecular flexibility index (Phi) is 5.54. The SMILES string of the molecule is CC(C)N1CC(C(=O)N(Cc2ccc[nH]2)c2ccc(N(C)C)cc2)CC1=O. The lowest BCUT2D eigenvalue weighted by Crippen LogP contribution is -2.38. The van der Waals surface area contributed by atoms with Gasteiger partial charge in [0.25, 0.3) is 0 Å². The first-order valence-corrected chi connectivity index (χ1v) is 9.37. The lowest BCUT2D eigenvalue weighted by molar-refractivity contribution is -0.129. The number of H-pyrrole nitrogens is 1. The van der Waals surface area contributed by atoms with Crippen molar-refractivity contribution in [1.82, 2.24) is 9.88 Å². The molecule has 6 nitrogen and oxygen atoms in total. The van der Waals surface area contributed by atoms with Gasteiger partial charge in [0.2, 0.25) is 11.8 Å². The van der Waals surface area contributed by atoms with Crippen LogP contribution in [0.3, 0.4) is 0 Å². The standard InChI is InChI=1S/C21H28N4O2/c1-15(2)24-13-16(12-20(24)26)21(27)25(14-17-6-5-11-22-17)19-9-7-18(8-10-19)23(3)4/h5-11,15-16,22H,12-14H2,1-4H3. The van der Waals surface area contributed by atoms with Crippen LogP contribution in [0.1, 0.15) is 26.0 Å². The van der Waals surface area contributed by atoms with Crippen LogP contribution in [0.4, 0.5) is 11.4 Å². The summed E-state index contributed by atoms with van der Waals surface area (Å²) >= 11 is 0. The molecule has 1 aliphatic rings. The minimum atomic E-state index is -0.302. The van der Waals surface area contributed by atoms with Crippen LogP contribution in [0.5, 0.6) is 0 Å². The highest BCUT2D eigenvalue weighted by Crippen LogP contribution is 2.27. The number of likely N-dealkylation sites (tertiary alicyclic amines) is 1. The summed E-state index contributed by atoms with van der Waals surface area (Å²) in [7, 11) is 3.98. The number of nitrogens with one attached hydrogen (secondary N) is 1. The summed E-state index contributed by atoms with van der Waals surface area (Å²) < 4.78 is 0. The Morgan fingerprint density at radius 2 is 1.85 bits per heavy atom. The number of carbonyl (C=O) groups excluding carboxylic acids is 2. The fourth-order valence-electron chi connectivity index (χ4n) is 3.48. The molecule has 0 radical (unpaired) electrons. The first-order valence-electron chi connectivity index (χ1n) is 9.37. The van der Waals surface area contributed by atoms with Crippen molar-refractivity contribution < 1.29 is 9.59 Å². The zero-order valence-electron chi connectivity index (χ0n) is 16.5. The number of hydrogen-bond acceptors (Lipinski definition) is 3. The second kappa shape index (κ2) is 7.86. The molecule has 1 aliphatic heterocycles. The van der Waals surface area contributed by atoms with Gasteiger partial charge in [-0.15, -0.1) is 0 Å². The quantitative estimate of drug-likeness (QED) is 0.853. The molecule has 2 heterocycles. The number of benzene rings is 1. The van der Waals surface area contributed by atoms with E-state index in [0.717, 1.165) is 17.1 Å². The van der Waals surface area contributed by atoms with E-state index in [4.69, 9.17) is 0 Å². The Balaban J connectivity index is 1.85. The molecule has 0 bridgehead atoms. The van der Waals surface area contributed by atoms with Gasteiger partial charge in [0.05, 0.1) is 12.5 Å². The molecule has 27 heavy (non-hydrogen) atoms. The number of rotatable bonds is 6. The molecule has 0 spiro atoms. The van der Waals surface area contributed by atoms with Crippen molar-refractivity contribution in [2.24, 2.45) is 5.92 Å². The molecule has 2 amide bonds. The van der Waals surface area contributed by atoms with E-state index in [0.29, 0.717) is 13.1 Å². The number of aromatic amines is 1. The third-order valence-corrected chi connectivity index (χ3v) is 5.07. The molecular formula is C21H28N4O2. The highest BCUT2D eigenvalue weighted by Gasteiger charge is 2.38. The maximum atomic E-state index is 13.3. The molecule has 1 unspecified atom stereocenters. The van der Waals surface area contributed by atoms with E-state index in [1.165, 1.54) is 0 Å². The molecule has 1 fully saturated rings. The van der Waals surface area contributed by atoms with Crippen LogP contribution in [-0.2, 0) is 16.1 Å². The van der Waals surface area contributed by atoms with Gasteiger partial charge in [0.15, 0.2) is 0 Å². The van der Waals surface area contributed by atoms with Crippen LogP contribution < -0.4 is 9.80 Å². The second-order valence-electron chi connectivity index (χ2n) is 7.57. The van der Waals surface area contributed by atoms with Crippen molar-refractivity contribution in [1.29, 1.82) is 0 Å². The van der Waals surface area contributed by atoms with Crippen LogP contribution in [0, 0.1) is 5.92 Å². The lowest BCUT2D eigenvalue weighted by atomic mass is 10.1. The molecule has 0 aliphatic carbocycles. The van der Waals surface area contributed by atoms with Gasteiger partial charge in [-0.2, -0.15) is 0 Å². The molecule has 1 N–H and O–H groups in total. The summed E-state index contributed by atoms with van der Waals surface area (Å²) in [6.45, 7) is 4.93. The van der Waals surface area contributed by atoms with Crippen molar-refractivity contribution in [3.63, 3.8) is 0 Å². The number of aromatic nitrogens is 1. The van der Waals surface area contributed by atoms with E-state index < -0.39 is 0 Å². The first kappa shape index (κ1) is 19.0. The van der Waals surface area contributed by atoms with Crippen LogP contribution in [0.2, 0.25) is 0 Å². The van der Waals surface area contributed by atoms with E-state index in [-0.39, 0.29) is 30.2 Å². The number of amides is 2. The molecule has 1 aromatic heterocycles. The number of carbonyl (C=O) groups is 2. The van der Waals surface area contributed by atoms with E-state index in [1.54, 1.807) is 9.80 Å². The molecular weight excluding hydrogens is 340 g/mol. The Morgan fingerprint density at radius 3 is 2.37 bits per heavy atom. The van der Waals surface area contributed by atoms with Gasteiger partial charge < -0.3 is 19.7 Å². The van der Waals surface area contributed by atoms with E-state index >= 15 is 0 Å². The van der Waals surface area contributed by atoms with Gasteiger partial charge in [-0.05, 0) is 50.2 Å². The van der Waals surface area contributed by atoms with Gasteiger partial charge in [-0.3, -0.25) is 9.59 Å². The molecule has 1 saturated heterocycles. The van der Waals surface area contributed by atoms with Crippen molar-refractivity contribution in [2.75, 3.05) is 30.4 Å². The molecule has 1 aromatic carbocycles. The second-order valence-corrected chi connectivity index (χ2v) is 7.57. The predicted molar refractivity (Wildman–Crippen MR) is 108 cm³/mol. The highest BCUT2D eigenvalue weighted by atomic mass is 16.2. The molecule has 1 atom stereocenters. The average Bonchev–Trinajstić information content (AvgIpc) is 3.28. The van der Waals surface area contributed by atoms with Crippen LogP contribution in [0.15, 0.2) is 42.6 Å². The first-order chi connectivity index (χ1) is 12.9. The summed E-state index contributed by atoms with van der Waals surface area (Å²) in [5.74, 6) is -0.242. The fraction of sp³-hybridized carbons (Fsp3) is 0.429. The Morgan fingerprint density at radius 1 is 1.19 bits per heavy atom. The summed E-state index contributed by atoms with van der Waals surface area (Å²) in [5, 5.41) is 0. The van der Waals surface area contributed by atoms with Crippen molar-refractivity contribution in [3.05, 3.63) is 48.3 Å².